The second kappa shape index (κ2) is 8.83. The second-order valence-electron chi connectivity index (χ2n) is 4.23. The molecule has 1 amide bonds. The average Bonchev–Trinajstić information content (AvgIpc) is 2.49. The third-order valence-electron chi connectivity index (χ3n) is 2.75. The molecule has 0 bridgehead atoms. The van der Waals surface area contributed by atoms with E-state index in [4.69, 9.17) is 9.84 Å². The minimum atomic E-state index is -0.490. The summed E-state index contributed by atoms with van der Waals surface area (Å²) in [4.78, 5) is 23.6. The quantitative estimate of drug-likeness (QED) is 0.440. The van der Waals surface area contributed by atoms with Gasteiger partial charge in [-0.05, 0) is 11.6 Å². The number of amides is 1. The van der Waals surface area contributed by atoms with Crippen molar-refractivity contribution in [2.24, 2.45) is 0 Å². The Morgan fingerprint density at radius 1 is 1.48 bits per heavy atom. The Morgan fingerprint density at radius 2 is 2.24 bits per heavy atom. The first-order valence-corrected chi connectivity index (χ1v) is 6.39. The molecular formula is C14H18N2O5. The summed E-state index contributed by atoms with van der Waals surface area (Å²) < 4.78 is 4.90. The Morgan fingerprint density at radius 3 is 2.86 bits per heavy atom. The first kappa shape index (κ1) is 16.8. The van der Waals surface area contributed by atoms with Crippen molar-refractivity contribution >= 4 is 17.7 Å². The number of carbonyl (C=O) groups is 1. The van der Waals surface area contributed by atoms with Crippen LogP contribution in [-0.4, -0.2) is 54.3 Å². The molecule has 1 N–H and O–H groups in total. The number of nitro groups is 1. The van der Waals surface area contributed by atoms with Gasteiger partial charge >= 0.3 is 0 Å². The fourth-order valence-electron chi connectivity index (χ4n) is 1.67. The van der Waals surface area contributed by atoms with Gasteiger partial charge in [0.15, 0.2) is 0 Å². The van der Waals surface area contributed by atoms with Gasteiger partial charge in [0.2, 0.25) is 5.91 Å². The van der Waals surface area contributed by atoms with Gasteiger partial charge < -0.3 is 14.7 Å². The molecule has 0 spiro atoms. The maximum Gasteiger partial charge on any atom is 0.270 e. The zero-order valence-electron chi connectivity index (χ0n) is 11.8. The van der Waals surface area contributed by atoms with Crippen molar-refractivity contribution in [1.82, 2.24) is 4.90 Å². The summed E-state index contributed by atoms with van der Waals surface area (Å²) in [5.74, 6) is -0.285. The summed E-state index contributed by atoms with van der Waals surface area (Å²) in [5.41, 5.74) is 0.532. The molecule has 7 heteroatoms. The summed E-state index contributed by atoms with van der Waals surface area (Å²) in [6.45, 7) is 0.813. The van der Waals surface area contributed by atoms with Gasteiger partial charge in [-0.1, -0.05) is 12.1 Å². The van der Waals surface area contributed by atoms with E-state index in [0.29, 0.717) is 18.7 Å². The van der Waals surface area contributed by atoms with Crippen molar-refractivity contribution in [2.75, 3.05) is 33.4 Å². The zero-order valence-corrected chi connectivity index (χ0v) is 11.8. The first-order chi connectivity index (χ1) is 10.1. The minimum absolute atomic E-state index is 0.0313. The van der Waals surface area contributed by atoms with Crippen molar-refractivity contribution in [1.29, 1.82) is 0 Å². The van der Waals surface area contributed by atoms with Gasteiger partial charge in [0.1, 0.15) is 0 Å². The van der Waals surface area contributed by atoms with Crippen molar-refractivity contribution in [3.05, 3.63) is 46.0 Å². The monoisotopic (exact) mass is 294 g/mol. The predicted octanol–water partition coefficient (Wildman–Crippen LogP) is 1.08. The van der Waals surface area contributed by atoms with Crippen LogP contribution in [0.25, 0.3) is 6.08 Å². The lowest BCUT2D eigenvalue weighted by molar-refractivity contribution is -0.384. The summed E-state index contributed by atoms with van der Waals surface area (Å²) in [6, 6.07) is 5.99. The molecule has 0 aromatic heterocycles. The van der Waals surface area contributed by atoms with E-state index in [1.807, 2.05) is 0 Å². The molecule has 0 aliphatic heterocycles. The number of nitro benzene ring substituents is 1. The Labute approximate surface area is 122 Å². The number of benzene rings is 1. The van der Waals surface area contributed by atoms with Gasteiger partial charge in [-0.25, -0.2) is 0 Å². The highest BCUT2D eigenvalue weighted by molar-refractivity contribution is 5.91. The topological polar surface area (TPSA) is 92.9 Å². The van der Waals surface area contributed by atoms with E-state index in [1.54, 1.807) is 12.1 Å². The van der Waals surface area contributed by atoms with E-state index >= 15 is 0 Å². The second-order valence-corrected chi connectivity index (χ2v) is 4.23. The van der Waals surface area contributed by atoms with Gasteiger partial charge in [-0.2, -0.15) is 0 Å². The highest BCUT2D eigenvalue weighted by atomic mass is 16.6. The van der Waals surface area contributed by atoms with E-state index < -0.39 is 4.92 Å². The number of hydrogen-bond acceptors (Lipinski definition) is 5. The normalized spacial score (nSPS) is 10.8. The van der Waals surface area contributed by atoms with Crippen molar-refractivity contribution < 1.29 is 19.6 Å². The summed E-state index contributed by atoms with van der Waals surface area (Å²) >= 11 is 0. The van der Waals surface area contributed by atoms with Gasteiger partial charge in [0, 0.05) is 38.4 Å². The minimum Gasteiger partial charge on any atom is -0.395 e. The molecule has 0 saturated carbocycles. The van der Waals surface area contributed by atoms with Crippen molar-refractivity contribution in [3.63, 3.8) is 0 Å². The van der Waals surface area contributed by atoms with Crippen LogP contribution in [0.2, 0.25) is 0 Å². The molecule has 21 heavy (non-hydrogen) atoms. The number of rotatable bonds is 8. The summed E-state index contributed by atoms with van der Waals surface area (Å²) in [7, 11) is 1.53. The Balaban J connectivity index is 2.74. The number of hydrogen-bond donors (Lipinski definition) is 1. The number of aliphatic hydroxyl groups excluding tert-OH is 1. The lowest BCUT2D eigenvalue weighted by Crippen LogP contribution is -2.34. The van der Waals surface area contributed by atoms with Gasteiger partial charge in [-0.3, -0.25) is 14.9 Å². The van der Waals surface area contributed by atoms with E-state index in [-0.39, 0.29) is 24.7 Å². The third kappa shape index (κ3) is 5.72. The number of methoxy groups -OCH3 is 1. The lowest BCUT2D eigenvalue weighted by Gasteiger charge is -2.19. The SMILES string of the molecule is COCCN(CCO)C(=O)/C=C/c1cccc([N+](=O)[O-])c1. The van der Waals surface area contributed by atoms with Crippen LogP contribution in [-0.2, 0) is 9.53 Å². The van der Waals surface area contributed by atoms with Crippen LogP contribution in [0.5, 0.6) is 0 Å². The van der Waals surface area contributed by atoms with Crippen LogP contribution >= 0.6 is 0 Å². The number of nitrogens with zero attached hydrogens (tertiary/aromatic N) is 2. The van der Waals surface area contributed by atoms with E-state index in [2.05, 4.69) is 0 Å². The van der Waals surface area contributed by atoms with Gasteiger partial charge in [0.05, 0.1) is 18.1 Å². The fourth-order valence-corrected chi connectivity index (χ4v) is 1.67. The van der Waals surface area contributed by atoms with E-state index in [0.717, 1.165) is 0 Å². The molecule has 1 aromatic carbocycles. The van der Waals surface area contributed by atoms with Crippen LogP contribution < -0.4 is 0 Å². The molecule has 0 unspecified atom stereocenters. The molecule has 0 fully saturated rings. The smallest absolute Gasteiger partial charge is 0.270 e. The molecule has 114 valence electrons. The predicted molar refractivity (Wildman–Crippen MR) is 77.7 cm³/mol. The van der Waals surface area contributed by atoms with Gasteiger partial charge in [-0.15, -0.1) is 0 Å². The fraction of sp³-hybridized carbons (Fsp3) is 0.357. The van der Waals surface area contributed by atoms with Crippen LogP contribution in [0.3, 0.4) is 0 Å². The number of non-ortho nitro benzene ring substituents is 1. The highest BCUT2D eigenvalue weighted by Gasteiger charge is 2.09. The van der Waals surface area contributed by atoms with E-state index in [9.17, 15) is 14.9 Å². The molecule has 0 saturated heterocycles. The van der Waals surface area contributed by atoms with Crippen LogP contribution in [0.15, 0.2) is 30.3 Å². The first-order valence-electron chi connectivity index (χ1n) is 6.39. The molecular weight excluding hydrogens is 276 g/mol. The molecule has 1 rings (SSSR count). The maximum absolute atomic E-state index is 12.0. The highest BCUT2D eigenvalue weighted by Crippen LogP contribution is 2.14. The average molecular weight is 294 g/mol. The Hall–Kier alpha value is -2.25. The number of carbonyl (C=O) groups excluding carboxylic acids is 1. The maximum atomic E-state index is 12.0. The molecule has 1 aromatic rings. The van der Waals surface area contributed by atoms with Crippen LogP contribution in [0.1, 0.15) is 5.56 Å². The van der Waals surface area contributed by atoms with Crippen molar-refractivity contribution in [2.45, 2.75) is 0 Å². The zero-order chi connectivity index (χ0) is 15.7. The molecule has 0 radical (unpaired) electrons. The number of ether oxygens (including phenoxy) is 1. The summed E-state index contributed by atoms with van der Waals surface area (Å²) in [5, 5.41) is 19.6. The molecule has 0 aliphatic rings. The van der Waals surface area contributed by atoms with Crippen LogP contribution in [0, 0.1) is 10.1 Å². The summed E-state index contributed by atoms with van der Waals surface area (Å²) in [6.07, 6.45) is 2.83. The van der Waals surface area contributed by atoms with Crippen molar-refractivity contribution in [3.8, 4) is 0 Å². The molecule has 7 nitrogen and oxygen atoms in total. The van der Waals surface area contributed by atoms with Crippen LogP contribution in [0.4, 0.5) is 5.69 Å². The Bertz CT molecular complexity index is 516. The Kier molecular flexibility index (Phi) is 7.06. The molecule has 0 aliphatic carbocycles. The molecule has 0 heterocycles. The third-order valence-corrected chi connectivity index (χ3v) is 2.75. The number of aliphatic hydroxyl groups is 1. The lowest BCUT2D eigenvalue weighted by atomic mass is 10.2. The van der Waals surface area contributed by atoms with Gasteiger partial charge in [0.25, 0.3) is 5.69 Å². The van der Waals surface area contributed by atoms with E-state index in [1.165, 1.54) is 36.3 Å². The molecule has 0 atom stereocenters. The standard InChI is InChI=1S/C14H18N2O5/c1-21-10-8-15(7-9-17)14(18)6-5-12-3-2-4-13(11-12)16(19)20/h2-6,11,17H,7-10H2,1H3/b6-5+. The largest absolute Gasteiger partial charge is 0.395 e.